The van der Waals surface area contributed by atoms with E-state index in [0.717, 1.165) is 12.7 Å². The summed E-state index contributed by atoms with van der Waals surface area (Å²) in [6.07, 6.45) is 2.40. The minimum Gasteiger partial charge on any atom is -0.303 e. The van der Waals surface area contributed by atoms with E-state index in [1.54, 1.807) is 0 Å². The Morgan fingerprint density at radius 2 is 2.10 bits per heavy atom. The molecular formula is C9H9O. The second kappa shape index (κ2) is 3.83. The van der Waals surface area contributed by atoms with Crippen molar-refractivity contribution in [2.45, 2.75) is 12.8 Å². The molecule has 0 unspecified atom stereocenters. The molecule has 1 aromatic carbocycles. The Kier molecular flexibility index (Phi) is 2.68. The highest BCUT2D eigenvalue weighted by molar-refractivity contribution is 5.49. The lowest BCUT2D eigenvalue weighted by molar-refractivity contribution is -0.107. The molecule has 0 aliphatic heterocycles. The highest BCUT2D eigenvalue weighted by Gasteiger charge is 1.87. The topological polar surface area (TPSA) is 17.1 Å². The third kappa shape index (κ3) is 2.02. The van der Waals surface area contributed by atoms with Crippen molar-refractivity contribution in [2.24, 2.45) is 0 Å². The molecule has 10 heavy (non-hydrogen) atoms. The van der Waals surface area contributed by atoms with E-state index in [1.165, 1.54) is 5.56 Å². The lowest BCUT2D eigenvalue weighted by Gasteiger charge is -1.93. The van der Waals surface area contributed by atoms with Gasteiger partial charge in [-0.2, -0.15) is 0 Å². The van der Waals surface area contributed by atoms with Crippen LogP contribution in [0.25, 0.3) is 0 Å². The minimum absolute atomic E-state index is 0.615. The summed E-state index contributed by atoms with van der Waals surface area (Å²) in [6, 6.07) is 10.6. The zero-order chi connectivity index (χ0) is 7.23. The van der Waals surface area contributed by atoms with E-state index in [4.69, 9.17) is 0 Å². The maximum Gasteiger partial charge on any atom is 0.120 e. The van der Waals surface area contributed by atoms with Gasteiger partial charge in [-0.15, -0.1) is 0 Å². The number of rotatable bonds is 3. The molecule has 0 amide bonds. The van der Waals surface area contributed by atoms with Crippen LogP contribution in [-0.2, 0) is 11.2 Å². The first-order valence-electron chi connectivity index (χ1n) is 3.32. The van der Waals surface area contributed by atoms with Gasteiger partial charge in [-0.05, 0) is 18.1 Å². The largest absolute Gasteiger partial charge is 0.303 e. The lowest BCUT2D eigenvalue weighted by atomic mass is 10.1. The molecule has 0 aromatic heterocycles. The standard InChI is InChI=1S/C9H9O/c10-8-4-7-9-5-2-1-3-6-9/h2-3,5-6,8H,4,7H2. The van der Waals surface area contributed by atoms with Crippen LogP contribution in [-0.4, -0.2) is 6.29 Å². The van der Waals surface area contributed by atoms with Crippen LogP contribution in [0.5, 0.6) is 0 Å². The molecule has 0 N–H and O–H groups in total. The van der Waals surface area contributed by atoms with Crippen molar-refractivity contribution in [3.8, 4) is 0 Å². The number of carbonyl (C=O) groups is 1. The van der Waals surface area contributed by atoms with E-state index < -0.39 is 0 Å². The van der Waals surface area contributed by atoms with Gasteiger partial charge in [0.05, 0.1) is 0 Å². The van der Waals surface area contributed by atoms with Gasteiger partial charge < -0.3 is 4.79 Å². The average Bonchev–Trinajstić information content (AvgIpc) is 2.03. The Labute approximate surface area is 60.7 Å². The molecule has 1 rings (SSSR count). The fourth-order valence-electron chi connectivity index (χ4n) is 0.814. The van der Waals surface area contributed by atoms with Gasteiger partial charge in [-0.3, -0.25) is 0 Å². The van der Waals surface area contributed by atoms with Gasteiger partial charge in [0.2, 0.25) is 0 Å². The monoisotopic (exact) mass is 133 g/mol. The summed E-state index contributed by atoms with van der Waals surface area (Å²) in [5.41, 5.74) is 1.20. The third-order valence-electron chi connectivity index (χ3n) is 1.34. The van der Waals surface area contributed by atoms with Crippen molar-refractivity contribution in [1.82, 2.24) is 0 Å². The zero-order valence-corrected chi connectivity index (χ0v) is 5.71. The van der Waals surface area contributed by atoms with Crippen molar-refractivity contribution >= 4 is 6.29 Å². The van der Waals surface area contributed by atoms with E-state index in [1.807, 2.05) is 24.3 Å². The first-order valence-corrected chi connectivity index (χ1v) is 3.32. The summed E-state index contributed by atoms with van der Waals surface area (Å²) in [4.78, 5) is 9.97. The van der Waals surface area contributed by atoms with Crippen molar-refractivity contribution in [2.75, 3.05) is 0 Å². The molecule has 1 radical (unpaired) electrons. The molecule has 0 saturated heterocycles. The quantitative estimate of drug-likeness (QED) is 0.572. The smallest absolute Gasteiger partial charge is 0.120 e. The van der Waals surface area contributed by atoms with Crippen LogP contribution in [0.4, 0.5) is 0 Å². The van der Waals surface area contributed by atoms with Crippen molar-refractivity contribution < 1.29 is 4.79 Å². The van der Waals surface area contributed by atoms with Gasteiger partial charge >= 0.3 is 0 Å². The highest BCUT2D eigenvalue weighted by atomic mass is 16.1. The van der Waals surface area contributed by atoms with Crippen molar-refractivity contribution in [3.63, 3.8) is 0 Å². The van der Waals surface area contributed by atoms with Crippen LogP contribution in [0, 0.1) is 6.07 Å². The molecule has 1 nitrogen and oxygen atoms in total. The lowest BCUT2D eigenvalue weighted by Crippen LogP contribution is -1.83. The molecule has 0 bridgehead atoms. The molecule has 1 heteroatoms. The Balaban J connectivity index is 2.50. The summed E-state index contributed by atoms with van der Waals surface area (Å²) in [6.45, 7) is 0. The van der Waals surface area contributed by atoms with Gasteiger partial charge in [0, 0.05) is 6.42 Å². The van der Waals surface area contributed by atoms with Gasteiger partial charge in [0.25, 0.3) is 0 Å². The number of hydrogen-bond donors (Lipinski definition) is 0. The molecule has 0 atom stereocenters. The third-order valence-corrected chi connectivity index (χ3v) is 1.34. The normalized spacial score (nSPS) is 9.20. The van der Waals surface area contributed by atoms with Crippen LogP contribution in [0.2, 0.25) is 0 Å². The van der Waals surface area contributed by atoms with E-state index >= 15 is 0 Å². The highest BCUT2D eigenvalue weighted by Crippen LogP contribution is 1.99. The van der Waals surface area contributed by atoms with Gasteiger partial charge in [0.1, 0.15) is 6.29 Å². The van der Waals surface area contributed by atoms with E-state index in [9.17, 15) is 4.79 Å². The molecule has 0 saturated carbocycles. The second-order valence-corrected chi connectivity index (χ2v) is 2.11. The van der Waals surface area contributed by atoms with Gasteiger partial charge in [-0.25, -0.2) is 0 Å². The first-order chi connectivity index (χ1) is 4.93. The summed E-state index contributed by atoms with van der Waals surface area (Å²) >= 11 is 0. The predicted octanol–water partition coefficient (Wildman–Crippen LogP) is 1.62. The molecule has 0 aliphatic rings. The Hall–Kier alpha value is -1.11. The summed E-state index contributed by atoms with van der Waals surface area (Å²) < 4.78 is 0. The molecule has 51 valence electrons. The number of carbonyl (C=O) groups excluding carboxylic acids is 1. The molecule has 0 heterocycles. The Morgan fingerprint density at radius 3 is 2.70 bits per heavy atom. The number of aryl methyl sites for hydroxylation is 1. The first kappa shape index (κ1) is 7.00. The predicted molar refractivity (Wildman–Crippen MR) is 39.7 cm³/mol. The maximum atomic E-state index is 9.97. The number of aldehydes is 1. The van der Waals surface area contributed by atoms with E-state index in [-0.39, 0.29) is 0 Å². The molecule has 0 spiro atoms. The second-order valence-electron chi connectivity index (χ2n) is 2.11. The molecule has 0 aliphatic carbocycles. The van der Waals surface area contributed by atoms with E-state index in [2.05, 4.69) is 6.07 Å². The SMILES string of the molecule is O=CCCc1cc[c]cc1. The Bertz CT molecular complexity index is 191. The average molecular weight is 133 g/mol. The maximum absolute atomic E-state index is 9.97. The van der Waals surface area contributed by atoms with E-state index in [0.29, 0.717) is 6.42 Å². The molecular weight excluding hydrogens is 124 g/mol. The van der Waals surface area contributed by atoms with Gasteiger partial charge in [0.15, 0.2) is 0 Å². The molecule has 1 aromatic rings. The fraction of sp³-hybridized carbons (Fsp3) is 0.222. The summed E-state index contributed by atoms with van der Waals surface area (Å²) in [5.74, 6) is 0. The molecule has 0 fully saturated rings. The fourth-order valence-corrected chi connectivity index (χ4v) is 0.814. The van der Waals surface area contributed by atoms with Crippen molar-refractivity contribution in [3.05, 3.63) is 35.9 Å². The Morgan fingerprint density at radius 1 is 1.40 bits per heavy atom. The van der Waals surface area contributed by atoms with Crippen LogP contribution in [0.1, 0.15) is 12.0 Å². The zero-order valence-electron chi connectivity index (χ0n) is 5.71. The van der Waals surface area contributed by atoms with Gasteiger partial charge in [-0.1, -0.05) is 24.3 Å². The summed E-state index contributed by atoms with van der Waals surface area (Å²) in [5, 5.41) is 0. The van der Waals surface area contributed by atoms with Crippen molar-refractivity contribution in [1.29, 1.82) is 0 Å². The van der Waals surface area contributed by atoms with Crippen LogP contribution >= 0.6 is 0 Å². The summed E-state index contributed by atoms with van der Waals surface area (Å²) in [7, 11) is 0. The van der Waals surface area contributed by atoms with Crippen LogP contribution < -0.4 is 0 Å². The number of hydrogen-bond acceptors (Lipinski definition) is 1. The minimum atomic E-state index is 0.615. The number of benzene rings is 1. The van der Waals surface area contributed by atoms with Crippen LogP contribution in [0.3, 0.4) is 0 Å². The van der Waals surface area contributed by atoms with Crippen LogP contribution in [0.15, 0.2) is 24.3 Å².